The number of aliphatic hydroxyl groups is 1. The Balaban J connectivity index is 3.19. The number of hydrogen-bond acceptors (Lipinski definition) is 1. The first kappa shape index (κ1) is 15.2. The van der Waals surface area contributed by atoms with E-state index >= 15 is 0 Å². The van der Waals surface area contributed by atoms with E-state index in [1.54, 1.807) is 6.07 Å². The van der Waals surface area contributed by atoms with Crippen molar-refractivity contribution in [3.63, 3.8) is 0 Å². The van der Waals surface area contributed by atoms with Gasteiger partial charge in [0.1, 0.15) is 5.82 Å². The van der Waals surface area contributed by atoms with Gasteiger partial charge in [0.2, 0.25) is 0 Å². The summed E-state index contributed by atoms with van der Waals surface area (Å²) in [5.41, 5.74) is 0.777. The number of aryl methyl sites for hydroxylation is 1. The molecule has 1 N–H and O–H groups in total. The molecule has 0 atom stereocenters. The highest BCUT2D eigenvalue weighted by Gasteiger charge is 2.32. The Hall–Kier alpha value is -0.890. The van der Waals surface area contributed by atoms with Gasteiger partial charge in [0.15, 0.2) is 0 Å². The van der Waals surface area contributed by atoms with Crippen molar-refractivity contribution in [1.82, 2.24) is 0 Å². The summed E-state index contributed by atoms with van der Waals surface area (Å²) in [7, 11) is 0. The van der Waals surface area contributed by atoms with Gasteiger partial charge in [-0.25, -0.2) is 4.39 Å². The van der Waals surface area contributed by atoms with Crippen LogP contribution < -0.4 is 0 Å². The van der Waals surface area contributed by atoms with Crippen molar-refractivity contribution in [3.8, 4) is 0 Å². The highest BCUT2D eigenvalue weighted by Crippen LogP contribution is 2.36. The van der Waals surface area contributed by atoms with E-state index in [4.69, 9.17) is 0 Å². The molecular formula is C16H25FO. The molecule has 0 saturated heterocycles. The minimum atomic E-state index is -0.922. The maximum absolute atomic E-state index is 13.4. The first-order chi connectivity index (χ1) is 8.24. The van der Waals surface area contributed by atoms with E-state index in [-0.39, 0.29) is 5.82 Å². The minimum absolute atomic E-state index is 0.276. The monoisotopic (exact) mass is 252 g/mol. The predicted molar refractivity (Wildman–Crippen MR) is 73.9 cm³/mol. The normalized spacial score (nSPS) is 12.5. The smallest absolute Gasteiger partial charge is 0.123 e. The molecule has 1 nitrogen and oxygen atoms in total. The van der Waals surface area contributed by atoms with Gasteiger partial charge in [-0.2, -0.15) is 0 Å². The third-order valence-corrected chi connectivity index (χ3v) is 3.19. The third-order valence-electron chi connectivity index (χ3n) is 3.19. The molecule has 1 aromatic carbocycles. The van der Waals surface area contributed by atoms with E-state index < -0.39 is 5.60 Å². The molecule has 102 valence electrons. The van der Waals surface area contributed by atoms with Gasteiger partial charge >= 0.3 is 0 Å². The lowest BCUT2D eigenvalue weighted by atomic mass is 9.78. The molecule has 0 saturated carbocycles. The Morgan fingerprint density at radius 3 is 2.06 bits per heavy atom. The van der Waals surface area contributed by atoms with Crippen LogP contribution in [-0.4, -0.2) is 5.11 Å². The van der Waals surface area contributed by atoms with Crippen LogP contribution in [0.2, 0.25) is 0 Å². The Morgan fingerprint density at radius 1 is 1.11 bits per heavy atom. The summed E-state index contributed by atoms with van der Waals surface area (Å²) >= 11 is 0. The van der Waals surface area contributed by atoms with E-state index in [9.17, 15) is 9.50 Å². The Kier molecular flexibility index (Phi) is 4.92. The molecule has 0 spiro atoms. The molecule has 0 radical (unpaired) electrons. The Bertz CT molecular complexity index is 386. The van der Waals surface area contributed by atoms with Crippen molar-refractivity contribution < 1.29 is 9.50 Å². The van der Waals surface area contributed by atoms with Gasteiger partial charge in [-0.3, -0.25) is 0 Å². The summed E-state index contributed by atoms with van der Waals surface area (Å²) in [6.07, 6.45) is 1.32. The van der Waals surface area contributed by atoms with E-state index in [0.29, 0.717) is 24.7 Å². The standard InChI is InChI=1S/C16H25FO/c1-11(2)9-16(18,10-12(3)4)15-8-14(17)7-6-13(15)5/h6-8,11-12,18H,9-10H2,1-5H3. The Morgan fingerprint density at radius 2 is 1.61 bits per heavy atom. The van der Waals surface area contributed by atoms with Crippen LogP contribution in [0.15, 0.2) is 18.2 Å². The molecule has 0 fully saturated rings. The lowest BCUT2D eigenvalue weighted by Gasteiger charge is -2.33. The molecule has 0 heterocycles. The predicted octanol–water partition coefficient (Wildman–Crippen LogP) is 4.41. The van der Waals surface area contributed by atoms with Crippen molar-refractivity contribution in [2.45, 2.75) is 53.1 Å². The first-order valence-corrected chi connectivity index (χ1v) is 6.73. The SMILES string of the molecule is Cc1ccc(F)cc1C(O)(CC(C)C)CC(C)C. The van der Waals surface area contributed by atoms with Crippen molar-refractivity contribution in [2.75, 3.05) is 0 Å². The van der Waals surface area contributed by atoms with Crippen LogP contribution in [0.25, 0.3) is 0 Å². The van der Waals surface area contributed by atoms with Crippen LogP contribution >= 0.6 is 0 Å². The second-order valence-electron chi connectivity index (χ2n) is 6.19. The summed E-state index contributed by atoms with van der Waals surface area (Å²) in [4.78, 5) is 0. The maximum Gasteiger partial charge on any atom is 0.123 e. The first-order valence-electron chi connectivity index (χ1n) is 6.73. The zero-order valence-corrected chi connectivity index (χ0v) is 12.1. The fourth-order valence-electron chi connectivity index (χ4n) is 2.75. The van der Waals surface area contributed by atoms with Crippen LogP contribution in [0.4, 0.5) is 4.39 Å². The largest absolute Gasteiger partial charge is 0.385 e. The van der Waals surface area contributed by atoms with Crippen LogP contribution in [0.3, 0.4) is 0 Å². The molecule has 0 aromatic heterocycles. The van der Waals surface area contributed by atoms with Crippen molar-refractivity contribution in [1.29, 1.82) is 0 Å². The quantitative estimate of drug-likeness (QED) is 0.822. The molecule has 18 heavy (non-hydrogen) atoms. The van der Waals surface area contributed by atoms with Crippen LogP contribution in [0.1, 0.15) is 51.7 Å². The van der Waals surface area contributed by atoms with Gasteiger partial charge in [0.05, 0.1) is 5.60 Å². The molecule has 0 bridgehead atoms. The fourth-order valence-corrected chi connectivity index (χ4v) is 2.75. The van der Waals surface area contributed by atoms with Crippen molar-refractivity contribution in [3.05, 3.63) is 35.1 Å². The van der Waals surface area contributed by atoms with E-state index in [1.807, 2.05) is 6.92 Å². The van der Waals surface area contributed by atoms with Gasteiger partial charge in [-0.05, 0) is 54.9 Å². The minimum Gasteiger partial charge on any atom is -0.385 e. The molecule has 0 aliphatic rings. The summed E-state index contributed by atoms with van der Waals surface area (Å²) in [6, 6.07) is 4.68. The number of halogens is 1. The van der Waals surface area contributed by atoms with Gasteiger partial charge in [0, 0.05) is 0 Å². The van der Waals surface area contributed by atoms with Gasteiger partial charge in [0.25, 0.3) is 0 Å². The van der Waals surface area contributed by atoms with Crippen molar-refractivity contribution in [2.24, 2.45) is 11.8 Å². The second kappa shape index (κ2) is 5.83. The summed E-state index contributed by atoms with van der Waals surface area (Å²) in [6.45, 7) is 10.3. The molecule has 1 rings (SSSR count). The van der Waals surface area contributed by atoms with Gasteiger partial charge in [-0.15, -0.1) is 0 Å². The van der Waals surface area contributed by atoms with Crippen LogP contribution in [0, 0.1) is 24.6 Å². The van der Waals surface area contributed by atoms with E-state index in [1.165, 1.54) is 12.1 Å². The Labute approximate surface area is 110 Å². The zero-order chi connectivity index (χ0) is 13.9. The molecule has 1 aromatic rings. The fraction of sp³-hybridized carbons (Fsp3) is 0.625. The van der Waals surface area contributed by atoms with E-state index in [2.05, 4.69) is 27.7 Å². The van der Waals surface area contributed by atoms with Crippen LogP contribution in [0.5, 0.6) is 0 Å². The topological polar surface area (TPSA) is 20.2 Å². The molecular weight excluding hydrogens is 227 g/mol. The van der Waals surface area contributed by atoms with Crippen LogP contribution in [-0.2, 0) is 5.60 Å². The number of hydrogen-bond donors (Lipinski definition) is 1. The highest BCUT2D eigenvalue weighted by atomic mass is 19.1. The maximum atomic E-state index is 13.4. The number of rotatable bonds is 5. The van der Waals surface area contributed by atoms with Gasteiger partial charge < -0.3 is 5.11 Å². The molecule has 0 aliphatic carbocycles. The van der Waals surface area contributed by atoms with Crippen molar-refractivity contribution >= 4 is 0 Å². The summed E-state index contributed by atoms with van der Waals surface area (Å²) < 4.78 is 13.4. The average Bonchev–Trinajstić information content (AvgIpc) is 2.19. The summed E-state index contributed by atoms with van der Waals surface area (Å²) in [5.74, 6) is 0.467. The molecule has 0 aliphatic heterocycles. The molecule has 0 unspecified atom stereocenters. The molecule has 2 heteroatoms. The van der Waals surface area contributed by atoms with E-state index in [0.717, 1.165) is 11.1 Å². The third kappa shape index (κ3) is 3.81. The summed E-state index contributed by atoms with van der Waals surface area (Å²) in [5, 5.41) is 11.0. The lowest BCUT2D eigenvalue weighted by molar-refractivity contribution is -0.00529. The number of benzene rings is 1. The molecule has 0 amide bonds. The highest BCUT2D eigenvalue weighted by molar-refractivity contribution is 5.32. The zero-order valence-electron chi connectivity index (χ0n) is 12.1. The van der Waals surface area contributed by atoms with Gasteiger partial charge in [-0.1, -0.05) is 33.8 Å². The average molecular weight is 252 g/mol. The lowest BCUT2D eigenvalue weighted by Crippen LogP contribution is -2.30. The second-order valence-corrected chi connectivity index (χ2v) is 6.19.